The molecule has 0 saturated heterocycles. The molecule has 2 heterocycles. The Morgan fingerprint density at radius 1 is 1.13 bits per heavy atom. The molecule has 0 amide bonds. The number of hydrogen-bond donors (Lipinski definition) is 3. The number of halogens is 1. The Kier molecular flexibility index (Phi) is 7.67. The molecule has 0 aliphatic carbocycles. The molecule has 162 valence electrons. The minimum absolute atomic E-state index is 0.165. The van der Waals surface area contributed by atoms with Gasteiger partial charge in [-0.1, -0.05) is 19.1 Å². The van der Waals surface area contributed by atoms with E-state index in [4.69, 9.17) is 10.1 Å². The first-order chi connectivity index (χ1) is 15.1. The smallest absolute Gasteiger partial charge is 0.130 e. The highest BCUT2D eigenvalue weighted by molar-refractivity contribution is 5.93. The fraction of sp³-hybridized carbons (Fsp3) is 0.292. The molecule has 0 spiro atoms. The molecule has 7 heteroatoms. The molecule has 3 N–H and O–H groups in total. The molecule has 3 aromatic rings. The van der Waals surface area contributed by atoms with Crippen LogP contribution in [-0.2, 0) is 13.0 Å². The van der Waals surface area contributed by atoms with Gasteiger partial charge >= 0.3 is 0 Å². The van der Waals surface area contributed by atoms with Crippen LogP contribution in [0.1, 0.15) is 37.2 Å². The zero-order valence-electron chi connectivity index (χ0n) is 17.7. The SMILES string of the molecule is CCOc1cc(-c2cccc(CC(F)CC)n2)cc(Nc2cccc(CO)n2)c1C=N. The van der Waals surface area contributed by atoms with Gasteiger partial charge in [0.25, 0.3) is 0 Å². The average Bonchev–Trinajstić information content (AvgIpc) is 2.79. The van der Waals surface area contributed by atoms with Crippen molar-refractivity contribution in [3.63, 3.8) is 0 Å². The van der Waals surface area contributed by atoms with E-state index in [0.717, 1.165) is 5.56 Å². The van der Waals surface area contributed by atoms with Gasteiger partial charge in [-0.3, -0.25) is 4.98 Å². The molecule has 31 heavy (non-hydrogen) atoms. The molecule has 0 aliphatic heterocycles. The minimum atomic E-state index is -0.927. The van der Waals surface area contributed by atoms with Crippen LogP contribution in [0.2, 0.25) is 0 Å². The first-order valence-corrected chi connectivity index (χ1v) is 10.3. The quantitative estimate of drug-likeness (QED) is 0.397. The predicted octanol–water partition coefficient (Wildman–Crippen LogP) is 5.07. The third-order valence-electron chi connectivity index (χ3n) is 4.79. The molecule has 0 aliphatic rings. The number of alkyl halides is 1. The van der Waals surface area contributed by atoms with Crippen molar-refractivity contribution in [1.29, 1.82) is 5.41 Å². The van der Waals surface area contributed by atoms with Gasteiger partial charge in [0.05, 0.1) is 35.9 Å². The number of anilines is 2. The Bertz CT molecular complexity index is 1040. The van der Waals surface area contributed by atoms with Crippen molar-refractivity contribution >= 4 is 17.7 Å². The summed E-state index contributed by atoms with van der Waals surface area (Å²) in [7, 11) is 0. The lowest BCUT2D eigenvalue weighted by atomic mass is 10.0. The molecule has 0 fully saturated rings. The average molecular weight is 423 g/mol. The third-order valence-corrected chi connectivity index (χ3v) is 4.79. The van der Waals surface area contributed by atoms with Crippen molar-refractivity contribution in [1.82, 2.24) is 9.97 Å². The van der Waals surface area contributed by atoms with E-state index in [0.29, 0.717) is 52.9 Å². The molecule has 1 atom stereocenters. The van der Waals surface area contributed by atoms with Crippen LogP contribution in [0, 0.1) is 5.41 Å². The van der Waals surface area contributed by atoms with E-state index in [1.54, 1.807) is 18.2 Å². The van der Waals surface area contributed by atoms with Crippen LogP contribution in [0.3, 0.4) is 0 Å². The summed E-state index contributed by atoms with van der Waals surface area (Å²) in [6, 6.07) is 14.6. The Morgan fingerprint density at radius 2 is 1.90 bits per heavy atom. The number of aromatic nitrogens is 2. The molecular formula is C24H27FN4O2. The summed E-state index contributed by atoms with van der Waals surface area (Å²) in [5.74, 6) is 1.08. The van der Waals surface area contributed by atoms with E-state index in [9.17, 15) is 9.50 Å². The normalized spacial score (nSPS) is 11.7. The highest BCUT2D eigenvalue weighted by Gasteiger charge is 2.14. The summed E-state index contributed by atoms with van der Waals surface area (Å²) in [6.07, 6.45) is 1.02. The number of nitrogens with one attached hydrogen (secondary N) is 2. The van der Waals surface area contributed by atoms with Gasteiger partial charge in [-0.25, -0.2) is 9.37 Å². The van der Waals surface area contributed by atoms with Crippen LogP contribution in [0.25, 0.3) is 11.3 Å². The molecule has 2 aromatic heterocycles. The first kappa shape index (κ1) is 22.4. The number of pyridine rings is 2. The van der Waals surface area contributed by atoms with Crippen LogP contribution in [0.5, 0.6) is 5.75 Å². The lowest BCUT2D eigenvalue weighted by Gasteiger charge is -2.16. The number of ether oxygens (including phenoxy) is 1. The van der Waals surface area contributed by atoms with E-state index in [2.05, 4.69) is 15.3 Å². The van der Waals surface area contributed by atoms with Crippen LogP contribution < -0.4 is 10.1 Å². The van der Waals surface area contributed by atoms with Crippen LogP contribution in [-0.4, -0.2) is 34.1 Å². The van der Waals surface area contributed by atoms with Gasteiger partial charge < -0.3 is 20.6 Å². The third kappa shape index (κ3) is 5.64. The fourth-order valence-corrected chi connectivity index (χ4v) is 3.20. The lowest BCUT2D eigenvalue weighted by Crippen LogP contribution is -2.06. The summed E-state index contributed by atoms with van der Waals surface area (Å²) < 4.78 is 19.6. The second kappa shape index (κ2) is 10.6. The maximum atomic E-state index is 13.9. The van der Waals surface area contributed by atoms with Crippen molar-refractivity contribution in [2.75, 3.05) is 11.9 Å². The first-order valence-electron chi connectivity index (χ1n) is 10.3. The molecule has 1 aromatic carbocycles. The van der Waals surface area contributed by atoms with Crippen LogP contribution >= 0.6 is 0 Å². The Labute approximate surface area is 181 Å². The maximum absolute atomic E-state index is 13.9. The number of rotatable bonds is 10. The Morgan fingerprint density at radius 3 is 2.61 bits per heavy atom. The number of aliphatic hydroxyl groups is 1. The number of benzene rings is 1. The summed E-state index contributed by atoms with van der Waals surface area (Å²) in [4.78, 5) is 9.00. The molecule has 0 radical (unpaired) electrons. The van der Waals surface area contributed by atoms with Gasteiger partial charge in [-0.2, -0.15) is 0 Å². The van der Waals surface area contributed by atoms with Crippen molar-refractivity contribution in [3.05, 3.63) is 65.5 Å². The summed E-state index contributed by atoms with van der Waals surface area (Å²) in [5, 5.41) is 20.5. The number of hydrogen-bond acceptors (Lipinski definition) is 6. The lowest BCUT2D eigenvalue weighted by molar-refractivity contribution is 0.277. The molecule has 3 rings (SSSR count). The van der Waals surface area contributed by atoms with E-state index >= 15 is 0 Å². The van der Waals surface area contributed by atoms with E-state index < -0.39 is 6.17 Å². The van der Waals surface area contributed by atoms with Crippen molar-refractivity contribution in [2.45, 2.75) is 39.5 Å². The zero-order chi connectivity index (χ0) is 22.2. The monoisotopic (exact) mass is 422 g/mol. The molecule has 6 nitrogen and oxygen atoms in total. The minimum Gasteiger partial charge on any atom is -0.493 e. The highest BCUT2D eigenvalue weighted by Crippen LogP contribution is 2.34. The molecule has 1 unspecified atom stereocenters. The Hall–Kier alpha value is -3.32. The summed E-state index contributed by atoms with van der Waals surface area (Å²) in [6.45, 7) is 3.97. The molecule has 0 bridgehead atoms. The van der Waals surface area contributed by atoms with Gasteiger partial charge in [0.1, 0.15) is 17.7 Å². The topological polar surface area (TPSA) is 91.1 Å². The number of aliphatic hydroxyl groups excluding tert-OH is 1. The second-order valence-corrected chi connectivity index (χ2v) is 7.03. The predicted molar refractivity (Wildman–Crippen MR) is 121 cm³/mol. The Balaban J connectivity index is 2.05. The summed E-state index contributed by atoms with van der Waals surface area (Å²) in [5.41, 5.74) is 3.90. The fourth-order valence-electron chi connectivity index (χ4n) is 3.20. The highest BCUT2D eigenvalue weighted by atomic mass is 19.1. The van der Waals surface area contributed by atoms with Gasteiger partial charge in [-0.15, -0.1) is 0 Å². The van der Waals surface area contributed by atoms with Crippen LogP contribution in [0.4, 0.5) is 15.9 Å². The van der Waals surface area contributed by atoms with E-state index in [-0.39, 0.29) is 13.0 Å². The van der Waals surface area contributed by atoms with E-state index in [1.807, 2.05) is 44.2 Å². The van der Waals surface area contributed by atoms with Crippen molar-refractivity contribution < 1.29 is 14.2 Å². The largest absolute Gasteiger partial charge is 0.493 e. The number of nitrogens with zero attached hydrogens (tertiary/aromatic N) is 2. The second-order valence-electron chi connectivity index (χ2n) is 7.03. The van der Waals surface area contributed by atoms with Crippen LogP contribution in [0.15, 0.2) is 48.5 Å². The molecule has 0 saturated carbocycles. The van der Waals surface area contributed by atoms with Crippen molar-refractivity contribution in [2.24, 2.45) is 0 Å². The van der Waals surface area contributed by atoms with Gasteiger partial charge in [0, 0.05) is 23.9 Å². The zero-order valence-corrected chi connectivity index (χ0v) is 17.7. The van der Waals surface area contributed by atoms with Gasteiger partial charge in [0.2, 0.25) is 0 Å². The summed E-state index contributed by atoms with van der Waals surface area (Å²) >= 11 is 0. The van der Waals surface area contributed by atoms with Gasteiger partial charge in [0.15, 0.2) is 0 Å². The van der Waals surface area contributed by atoms with Gasteiger partial charge in [-0.05, 0) is 49.7 Å². The van der Waals surface area contributed by atoms with Crippen molar-refractivity contribution in [3.8, 4) is 17.0 Å². The standard InChI is InChI=1S/C24H27FN4O2/c1-3-17(25)13-18-7-5-9-21(27-18)16-11-22(20(14-26)23(12-16)31-4-2)29-24-10-6-8-19(15-30)28-24/h5-12,14,17,26,30H,3-4,13,15H2,1-2H3,(H,28,29). The molecular weight excluding hydrogens is 395 g/mol. The van der Waals surface area contributed by atoms with E-state index in [1.165, 1.54) is 6.21 Å². The maximum Gasteiger partial charge on any atom is 0.130 e.